The summed E-state index contributed by atoms with van der Waals surface area (Å²) in [5.41, 5.74) is 0.767. The summed E-state index contributed by atoms with van der Waals surface area (Å²) in [6.45, 7) is 0.466. The van der Waals surface area contributed by atoms with Crippen LogP contribution in [0.1, 0.15) is 0 Å². The Balaban J connectivity index is 2.87. The molecule has 0 spiro atoms. The monoisotopic (exact) mass is 197 g/mol. The molecule has 1 aliphatic heterocycles. The van der Waals surface area contributed by atoms with Crippen molar-refractivity contribution in [3.05, 3.63) is 0 Å². The summed E-state index contributed by atoms with van der Waals surface area (Å²) >= 11 is 0. The van der Waals surface area contributed by atoms with E-state index < -0.39 is 0 Å². The van der Waals surface area contributed by atoms with Crippen LogP contribution < -0.4 is 0 Å². The Kier molecular flexibility index (Phi) is 3.19. The Morgan fingerprint density at radius 3 is 2.71 bits per heavy atom. The molecule has 0 fully saturated rings. The van der Waals surface area contributed by atoms with E-state index in [-0.39, 0.29) is 6.03 Å². The van der Waals surface area contributed by atoms with Crippen molar-refractivity contribution in [1.82, 2.24) is 15.0 Å². The first-order valence-electron chi connectivity index (χ1n) is 4.28. The zero-order valence-corrected chi connectivity index (χ0v) is 8.93. The smallest absolute Gasteiger partial charge is 0.294 e. The second kappa shape index (κ2) is 4.19. The third kappa shape index (κ3) is 2.08. The molecule has 0 aromatic carbocycles. The Labute approximate surface area is 83.5 Å². The molecular formula is C8H15N5O. The van der Waals surface area contributed by atoms with E-state index in [1.54, 1.807) is 30.3 Å². The highest BCUT2D eigenvalue weighted by Gasteiger charge is 2.25. The fourth-order valence-electron chi connectivity index (χ4n) is 1.18. The molecule has 2 amide bonds. The minimum Gasteiger partial charge on any atom is -0.294 e. The van der Waals surface area contributed by atoms with Gasteiger partial charge in [0.15, 0.2) is 0 Å². The first-order valence-corrected chi connectivity index (χ1v) is 4.28. The van der Waals surface area contributed by atoms with Gasteiger partial charge >= 0.3 is 6.03 Å². The van der Waals surface area contributed by atoms with Crippen molar-refractivity contribution in [2.24, 2.45) is 10.1 Å². The lowest BCUT2D eigenvalue weighted by molar-refractivity contribution is 0.0520. The lowest BCUT2D eigenvalue weighted by atomic mass is 10.4. The molecule has 1 heterocycles. The number of carbonyl (C=O) groups is 1. The third-order valence-electron chi connectivity index (χ3n) is 1.85. The molecule has 6 nitrogen and oxygen atoms in total. The summed E-state index contributed by atoms with van der Waals surface area (Å²) in [5.74, 6) is 0. The zero-order chi connectivity index (χ0) is 10.7. The topological polar surface area (TPSA) is 51.5 Å². The van der Waals surface area contributed by atoms with Crippen molar-refractivity contribution in [3.63, 3.8) is 0 Å². The second-order valence-electron chi connectivity index (χ2n) is 3.19. The molecule has 1 rings (SSSR count). The van der Waals surface area contributed by atoms with Crippen LogP contribution >= 0.6 is 0 Å². The van der Waals surface area contributed by atoms with Gasteiger partial charge in [0.05, 0.1) is 12.3 Å². The lowest BCUT2D eigenvalue weighted by Crippen LogP contribution is -2.52. The SMILES string of the molecule is CN=CC1=NN(C)C(=O)N(N(C)C)C1. The summed E-state index contributed by atoms with van der Waals surface area (Å²) in [5, 5.41) is 8.69. The van der Waals surface area contributed by atoms with Gasteiger partial charge in [-0.2, -0.15) is 5.10 Å². The van der Waals surface area contributed by atoms with Crippen molar-refractivity contribution >= 4 is 18.0 Å². The lowest BCUT2D eigenvalue weighted by Gasteiger charge is -2.34. The van der Waals surface area contributed by atoms with Crippen LogP contribution in [0.2, 0.25) is 0 Å². The van der Waals surface area contributed by atoms with Gasteiger partial charge in [-0.05, 0) is 0 Å². The number of hydrazone groups is 1. The predicted molar refractivity (Wildman–Crippen MR) is 55.4 cm³/mol. The number of rotatable bonds is 2. The summed E-state index contributed by atoms with van der Waals surface area (Å²) in [6, 6.07) is -0.136. The van der Waals surface area contributed by atoms with Crippen LogP contribution in [0, 0.1) is 0 Å². The van der Waals surface area contributed by atoms with Gasteiger partial charge in [0.1, 0.15) is 0 Å². The second-order valence-corrected chi connectivity index (χ2v) is 3.19. The molecule has 0 aromatic rings. The first kappa shape index (κ1) is 10.6. The molecule has 0 bridgehead atoms. The number of hydrazine groups is 1. The van der Waals surface area contributed by atoms with Crippen LogP contribution in [0.25, 0.3) is 0 Å². The van der Waals surface area contributed by atoms with Crippen molar-refractivity contribution < 1.29 is 4.79 Å². The molecule has 78 valence electrons. The number of amides is 2. The molecule has 0 unspecified atom stereocenters. The molecule has 0 aromatic heterocycles. The van der Waals surface area contributed by atoms with Crippen LogP contribution in [0.4, 0.5) is 4.79 Å². The Morgan fingerprint density at radius 2 is 2.21 bits per heavy atom. The molecule has 0 saturated carbocycles. The molecule has 1 aliphatic rings. The van der Waals surface area contributed by atoms with E-state index in [0.29, 0.717) is 6.54 Å². The highest BCUT2D eigenvalue weighted by Crippen LogP contribution is 2.05. The standard InChI is InChI=1S/C8H15N5O/c1-9-5-7-6-13(11(2)3)8(14)12(4)10-7/h5H,6H2,1-4H3. The largest absolute Gasteiger partial charge is 0.355 e. The molecule has 0 N–H and O–H groups in total. The van der Waals surface area contributed by atoms with E-state index in [0.717, 1.165) is 5.71 Å². The van der Waals surface area contributed by atoms with Crippen LogP contribution in [0.3, 0.4) is 0 Å². The van der Waals surface area contributed by atoms with Gasteiger partial charge in [0.2, 0.25) is 0 Å². The number of hydrogen-bond acceptors (Lipinski definition) is 4. The first-order chi connectivity index (χ1) is 6.56. The summed E-state index contributed by atoms with van der Waals surface area (Å²) in [6.07, 6.45) is 1.65. The molecule has 0 saturated heterocycles. The average molecular weight is 197 g/mol. The minimum atomic E-state index is -0.136. The van der Waals surface area contributed by atoms with Crippen LogP contribution in [0.15, 0.2) is 10.1 Å². The number of nitrogens with zero attached hydrogens (tertiary/aromatic N) is 5. The van der Waals surface area contributed by atoms with Crippen molar-refractivity contribution in [2.75, 3.05) is 34.7 Å². The molecule has 0 aliphatic carbocycles. The van der Waals surface area contributed by atoms with E-state index in [9.17, 15) is 4.79 Å². The highest BCUT2D eigenvalue weighted by molar-refractivity contribution is 6.32. The number of aliphatic imine (C=N–C) groups is 1. The number of carbonyl (C=O) groups excluding carboxylic acids is 1. The molecular weight excluding hydrogens is 182 g/mol. The number of urea groups is 1. The summed E-state index contributed by atoms with van der Waals surface area (Å²) in [4.78, 5) is 15.4. The van der Waals surface area contributed by atoms with E-state index in [1.807, 2.05) is 14.1 Å². The van der Waals surface area contributed by atoms with Gasteiger partial charge in [-0.3, -0.25) is 4.99 Å². The van der Waals surface area contributed by atoms with Crippen LogP contribution in [-0.2, 0) is 0 Å². The minimum absolute atomic E-state index is 0.136. The Morgan fingerprint density at radius 1 is 1.57 bits per heavy atom. The molecule has 14 heavy (non-hydrogen) atoms. The quantitative estimate of drug-likeness (QED) is 0.580. The molecule has 6 heteroatoms. The van der Waals surface area contributed by atoms with Crippen molar-refractivity contribution in [1.29, 1.82) is 0 Å². The maximum Gasteiger partial charge on any atom is 0.355 e. The van der Waals surface area contributed by atoms with E-state index in [4.69, 9.17) is 0 Å². The van der Waals surface area contributed by atoms with Gasteiger partial charge < -0.3 is 0 Å². The van der Waals surface area contributed by atoms with Crippen molar-refractivity contribution in [2.45, 2.75) is 0 Å². The third-order valence-corrected chi connectivity index (χ3v) is 1.85. The maximum atomic E-state index is 11.6. The van der Waals surface area contributed by atoms with Gasteiger partial charge in [0.25, 0.3) is 0 Å². The zero-order valence-electron chi connectivity index (χ0n) is 8.93. The summed E-state index contributed by atoms with van der Waals surface area (Å²) in [7, 11) is 6.94. The van der Waals surface area contributed by atoms with E-state index in [2.05, 4.69) is 10.1 Å². The fraction of sp³-hybridized carbons (Fsp3) is 0.625. The van der Waals surface area contributed by atoms with Crippen molar-refractivity contribution in [3.8, 4) is 0 Å². The summed E-state index contributed by atoms with van der Waals surface area (Å²) < 4.78 is 0. The highest BCUT2D eigenvalue weighted by atomic mass is 16.2. The maximum absolute atomic E-state index is 11.6. The normalized spacial score (nSPS) is 18.4. The number of hydrogen-bond donors (Lipinski definition) is 0. The Hall–Kier alpha value is -1.43. The van der Waals surface area contributed by atoms with Crippen LogP contribution in [-0.4, -0.2) is 67.7 Å². The fourth-order valence-corrected chi connectivity index (χ4v) is 1.18. The average Bonchev–Trinajstić information content (AvgIpc) is 2.11. The van der Waals surface area contributed by atoms with Gasteiger partial charge in [-0.1, -0.05) is 0 Å². The Bertz CT molecular complexity index is 283. The van der Waals surface area contributed by atoms with Crippen LogP contribution in [0.5, 0.6) is 0 Å². The van der Waals surface area contributed by atoms with Gasteiger partial charge in [0, 0.05) is 34.4 Å². The van der Waals surface area contributed by atoms with Gasteiger partial charge in [-0.15, -0.1) is 0 Å². The van der Waals surface area contributed by atoms with Gasteiger partial charge in [-0.25, -0.2) is 19.8 Å². The molecule has 0 atom stereocenters. The molecule has 0 radical (unpaired) electrons. The van der Waals surface area contributed by atoms with E-state index in [1.165, 1.54) is 5.01 Å². The van der Waals surface area contributed by atoms with E-state index >= 15 is 0 Å². The predicted octanol–water partition coefficient (Wildman–Crippen LogP) is -0.113.